The number of fused-ring (bicyclic) bond motifs is 2. The molecule has 0 aliphatic rings. The third-order valence-corrected chi connectivity index (χ3v) is 5.92. The van der Waals surface area contributed by atoms with Gasteiger partial charge in [0.1, 0.15) is 11.1 Å². The third-order valence-electron chi connectivity index (χ3n) is 5.92. The average Bonchev–Trinajstić information content (AvgIpc) is 3.22. The van der Waals surface area contributed by atoms with Gasteiger partial charge in [0, 0.05) is 5.56 Å². The Balaban J connectivity index is 1.85. The number of rotatable bonds is 2. The quantitative estimate of drug-likeness (QED) is 0.383. The molecular formula is C25H24N3O+. The van der Waals surface area contributed by atoms with Crippen LogP contribution in [0.1, 0.15) is 16.7 Å². The molecule has 29 heavy (non-hydrogen) atoms. The van der Waals surface area contributed by atoms with E-state index in [0.717, 1.165) is 28.1 Å². The van der Waals surface area contributed by atoms with Gasteiger partial charge in [-0.15, -0.1) is 0 Å². The van der Waals surface area contributed by atoms with Gasteiger partial charge < -0.3 is 4.42 Å². The Bertz CT molecular complexity index is 1350. The summed E-state index contributed by atoms with van der Waals surface area (Å²) in [6, 6.07) is 18.9. The van der Waals surface area contributed by atoms with E-state index in [0.29, 0.717) is 5.89 Å². The van der Waals surface area contributed by atoms with Gasteiger partial charge in [-0.1, -0.05) is 36.4 Å². The second kappa shape index (κ2) is 6.31. The van der Waals surface area contributed by atoms with E-state index >= 15 is 0 Å². The maximum Gasteiger partial charge on any atom is 0.293 e. The first kappa shape index (κ1) is 17.7. The van der Waals surface area contributed by atoms with E-state index in [-0.39, 0.29) is 0 Å². The molecule has 2 heterocycles. The van der Waals surface area contributed by atoms with Crippen LogP contribution in [0.15, 0.2) is 59.0 Å². The highest BCUT2D eigenvalue weighted by Crippen LogP contribution is 2.36. The second-order valence-corrected chi connectivity index (χ2v) is 7.82. The molecular weight excluding hydrogens is 358 g/mol. The van der Waals surface area contributed by atoms with Crippen molar-refractivity contribution in [2.45, 2.75) is 20.8 Å². The molecule has 0 aliphatic carbocycles. The summed E-state index contributed by atoms with van der Waals surface area (Å²) < 4.78 is 10.9. The first-order valence-corrected chi connectivity index (χ1v) is 9.88. The molecule has 4 nitrogen and oxygen atoms in total. The summed E-state index contributed by atoms with van der Waals surface area (Å²) in [6.07, 6.45) is 0. The van der Waals surface area contributed by atoms with Crippen molar-refractivity contribution < 1.29 is 8.98 Å². The highest BCUT2D eigenvalue weighted by molar-refractivity contribution is 5.92. The number of aryl methyl sites for hydroxylation is 5. The molecule has 0 atom stereocenters. The van der Waals surface area contributed by atoms with E-state index < -0.39 is 0 Å². The largest absolute Gasteiger partial charge is 0.435 e. The molecule has 0 spiro atoms. The Labute approximate surface area is 170 Å². The molecule has 5 rings (SSSR count). The van der Waals surface area contributed by atoms with Crippen LogP contribution in [0.5, 0.6) is 0 Å². The van der Waals surface area contributed by atoms with Gasteiger partial charge in [0.2, 0.25) is 5.89 Å². The van der Waals surface area contributed by atoms with Crippen molar-refractivity contribution >= 4 is 22.1 Å². The maximum atomic E-state index is 6.45. The van der Waals surface area contributed by atoms with Crippen LogP contribution in [0.25, 0.3) is 45.0 Å². The first-order valence-electron chi connectivity index (χ1n) is 9.88. The number of benzene rings is 3. The Kier molecular flexibility index (Phi) is 3.85. The van der Waals surface area contributed by atoms with Gasteiger partial charge in [-0.05, 0) is 55.7 Å². The topological polar surface area (TPSA) is 34.8 Å². The predicted octanol–water partition coefficient (Wildman–Crippen LogP) is 5.40. The van der Waals surface area contributed by atoms with E-state index in [4.69, 9.17) is 9.40 Å². The fourth-order valence-electron chi connectivity index (χ4n) is 4.45. The molecule has 0 radical (unpaired) electrons. The van der Waals surface area contributed by atoms with Gasteiger partial charge in [0.15, 0.2) is 16.6 Å². The highest BCUT2D eigenvalue weighted by atomic mass is 16.3. The van der Waals surface area contributed by atoms with Crippen molar-refractivity contribution in [1.29, 1.82) is 0 Å². The van der Waals surface area contributed by atoms with Crippen LogP contribution in [0.4, 0.5) is 0 Å². The minimum atomic E-state index is 0.684. The molecule has 0 bridgehead atoms. The minimum absolute atomic E-state index is 0.684. The zero-order valence-electron chi connectivity index (χ0n) is 17.4. The summed E-state index contributed by atoms with van der Waals surface area (Å²) in [5.41, 5.74) is 9.78. The van der Waals surface area contributed by atoms with Crippen molar-refractivity contribution in [3.63, 3.8) is 0 Å². The Morgan fingerprint density at radius 3 is 2.24 bits per heavy atom. The third kappa shape index (κ3) is 2.52. The lowest BCUT2D eigenvalue weighted by atomic mass is 10.0. The van der Waals surface area contributed by atoms with E-state index in [2.05, 4.69) is 98.6 Å². The summed E-state index contributed by atoms with van der Waals surface area (Å²) in [4.78, 5) is 4.86. The number of hydrogen-bond acceptors (Lipinski definition) is 2. The summed E-state index contributed by atoms with van der Waals surface area (Å²) in [5, 5.41) is 0. The van der Waals surface area contributed by atoms with Crippen LogP contribution in [0.2, 0.25) is 0 Å². The van der Waals surface area contributed by atoms with Crippen LogP contribution >= 0.6 is 0 Å². The van der Waals surface area contributed by atoms with Gasteiger partial charge in [0.25, 0.3) is 5.82 Å². The maximum absolute atomic E-state index is 6.45. The van der Waals surface area contributed by atoms with E-state index in [1.165, 1.54) is 27.7 Å². The molecule has 0 aliphatic heterocycles. The van der Waals surface area contributed by atoms with Gasteiger partial charge in [-0.2, -0.15) is 0 Å². The van der Waals surface area contributed by atoms with Gasteiger partial charge >= 0.3 is 0 Å². The number of hydrogen-bond donors (Lipinski definition) is 0. The summed E-state index contributed by atoms with van der Waals surface area (Å²) in [5.74, 6) is 1.79. The smallest absolute Gasteiger partial charge is 0.293 e. The Hall–Kier alpha value is -3.40. The van der Waals surface area contributed by atoms with Crippen molar-refractivity contribution in [3.05, 3.63) is 71.3 Å². The number of aromatic nitrogens is 3. The minimum Gasteiger partial charge on any atom is -0.435 e. The lowest BCUT2D eigenvalue weighted by molar-refractivity contribution is -0.634. The van der Waals surface area contributed by atoms with E-state index in [1.54, 1.807) is 0 Å². The van der Waals surface area contributed by atoms with Crippen LogP contribution in [0, 0.1) is 20.8 Å². The zero-order valence-corrected chi connectivity index (χ0v) is 17.4. The predicted molar refractivity (Wildman–Crippen MR) is 117 cm³/mol. The zero-order chi connectivity index (χ0) is 20.3. The molecule has 0 fully saturated rings. The molecule has 0 saturated carbocycles. The van der Waals surface area contributed by atoms with Crippen LogP contribution in [0.3, 0.4) is 0 Å². The average molecular weight is 382 g/mol. The monoisotopic (exact) mass is 382 g/mol. The first-order chi connectivity index (χ1) is 14.0. The molecule has 0 amide bonds. The molecule has 4 heteroatoms. The SMILES string of the molecule is Cc1cccc(C)c1-c1nc2ccc(C)c(-c3n(C)c4ccccc4[n+]3C)c2o1. The molecule has 0 N–H and O–H groups in total. The van der Waals surface area contributed by atoms with Crippen LogP contribution < -0.4 is 4.57 Å². The number of oxazole rings is 1. The van der Waals surface area contributed by atoms with Crippen molar-refractivity contribution in [2.75, 3.05) is 0 Å². The molecule has 3 aromatic carbocycles. The Morgan fingerprint density at radius 1 is 0.828 bits per heavy atom. The van der Waals surface area contributed by atoms with Crippen molar-refractivity contribution in [3.8, 4) is 22.8 Å². The normalized spacial score (nSPS) is 11.6. The van der Waals surface area contributed by atoms with Crippen molar-refractivity contribution in [2.24, 2.45) is 14.1 Å². The number of imidazole rings is 1. The standard InChI is InChI=1S/C25H24N3O/c1-15-9-8-10-16(2)21(15)24-26-18-14-13-17(3)22(23(18)29-24)25-27(4)19-11-6-7-12-20(19)28(25)5/h6-14H,1-5H3/q+1. The highest BCUT2D eigenvalue weighted by Gasteiger charge is 2.27. The van der Waals surface area contributed by atoms with E-state index in [1.807, 2.05) is 0 Å². The fourth-order valence-corrected chi connectivity index (χ4v) is 4.45. The molecule has 0 unspecified atom stereocenters. The van der Waals surface area contributed by atoms with Crippen molar-refractivity contribution in [1.82, 2.24) is 9.55 Å². The molecule has 144 valence electrons. The summed E-state index contributed by atoms with van der Waals surface area (Å²) >= 11 is 0. The lowest BCUT2D eigenvalue weighted by Gasteiger charge is -2.05. The summed E-state index contributed by atoms with van der Waals surface area (Å²) in [6.45, 7) is 6.34. The van der Waals surface area contributed by atoms with Gasteiger partial charge in [-0.25, -0.2) is 14.1 Å². The lowest BCUT2D eigenvalue weighted by Crippen LogP contribution is -2.30. The van der Waals surface area contributed by atoms with Crippen LogP contribution in [-0.4, -0.2) is 9.55 Å². The molecule has 5 aromatic rings. The Morgan fingerprint density at radius 2 is 1.52 bits per heavy atom. The number of para-hydroxylation sites is 2. The number of nitrogens with zero attached hydrogens (tertiary/aromatic N) is 3. The van der Waals surface area contributed by atoms with Gasteiger partial charge in [0.05, 0.1) is 14.1 Å². The molecule has 2 aromatic heterocycles. The van der Waals surface area contributed by atoms with E-state index in [9.17, 15) is 0 Å². The second-order valence-electron chi connectivity index (χ2n) is 7.82. The molecule has 0 saturated heterocycles. The summed E-state index contributed by atoms with van der Waals surface area (Å²) in [7, 11) is 4.22. The van der Waals surface area contributed by atoms with Gasteiger partial charge in [-0.3, -0.25) is 0 Å². The van der Waals surface area contributed by atoms with Crippen LogP contribution in [-0.2, 0) is 14.1 Å². The fraction of sp³-hybridized carbons (Fsp3) is 0.200.